The molecule has 0 saturated heterocycles. The first-order valence-corrected chi connectivity index (χ1v) is 6.67. The monoisotopic (exact) mass is 226 g/mol. The van der Waals surface area contributed by atoms with Gasteiger partial charge < -0.3 is 5.32 Å². The largest absolute Gasteiger partial charge is 0.352 e. The first-order valence-electron chi connectivity index (χ1n) is 6.67. The lowest BCUT2D eigenvalue weighted by Gasteiger charge is -2.25. The van der Waals surface area contributed by atoms with E-state index in [2.05, 4.69) is 31.0 Å². The zero-order chi connectivity index (χ0) is 12.0. The van der Waals surface area contributed by atoms with Gasteiger partial charge in [-0.15, -0.1) is 0 Å². The maximum absolute atomic E-state index is 11.7. The molecule has 16 heavy (non-hydrogen) atoms. The highest BCUT2D eigenvalue weighted by Crippen LogP contribution is 2.18. The van der Waals surface area contributed by atoms with Crippen molar-refractivity contribution in [3.8, 4) is 0 Å². The molecular weight excluding hydrogens is 200 g/mol. The molecule has 0 aromatic carbocycles. The van der Waals surface area contributed by atoms with Gasteiger partial charge in [-0.25, -0.2) is 0 Å². The summed E-state index contributed by atoms with van der Waals surface area (Å²) in [5.74, 6) is 0.202. The van der Waals surface area contributed by atoms with Crippen LogP contribution in [0.3, 0.4) is 0 Å². The number of unbranched alkanes of at least 4 members (excludes halogenated alkanes) is 2. The Morgan fingerprint density at radius 3 is 2.56 bits per heavy atom. The summed E-state index contributed by atoms with van der Waals surface area (Å²) in [5.41, 5.74) is 0. The smallest absolute Gasteiger partial charge is 0.234 e. The third-order valence-corrected chi connectivity index (χ3v) is 3.07. The van der Waals surface area contributed by atoms with Crippen LogP contribution in [0.25, 0.3) is 0 Å². The van der Waals surface area contributed by atoms with Gasteiger partial charge >= 0.3 is 0 Å². The third kappa shape index (κ3) is 5.50. The molecule has 0 aliphatic heterocycles. The molecule has 0 atom stereocenters. The van der Waals surface area contributed by atoms with Crippen molar-refractivity contribution < 1.29 is 4.79 Å². The van der Waals surface area contributed by atoms with E-state index < -0.39 is 0 Å². The molecule has 0 radical (unpaired) electrons. The molecule has 0 bridgehead atoms. The Labute approximate surface area is 99.6 Å². The molecule has 1 N–H and O–H groups in total. The predicted octanol–water partition coefficient (Wildman–Crippen LogP) is 2.17. The molecule has 1 fully saturated rings. The predicted molar refractivity (Wildman–Crippen MR) is 67.4 cm³/mol. The SMILES string of the molecule is CCCCCN(CC(=O)NC1CC1)C(C)C. The van der Waals surface area contributed by atoms with Crippen LogP contribution in [0.1, 0.15) is 52.9 Å². The molecule has 0 unspecified atom stereocenters. The molecule has 3 nitrogen and oxygen atoms in total. The van der Waals surface area contributed by atoms with Gasteiger partial charge in [0.2, 0.25) is 5.91 Å². The van der Waals surface area contributed by atoms with Crippen LogP contribution >= 0.6 is 0 Å². The van der Waals surface area contributed by atoms with Crippen LogP contribution in [0.5, 0.6) is 0 Å². The van der Waals surface area contributed by atoms with Crippen molar-refractivity contribution in [2.75, 3.05) is 13.1 Å². The Bertz CT molecular complexity index is 212. The summed E-state index contributed by atoms with van der Waals surface area (Å²) in [6, 6.07) is 0.943. The van der Waals surface area contributed by atoms with Gasteiger partial charge in [-0.1, -0.05) is 19.8 Å². The highest BCUT2D eigenvalue weighted by molar-refractivity contribution is 5.78. The van der Waals surface area contributed by atoms with Crippen LogP contribution in [-0.2, 0) is 4.79 Å². The molecule has 1 amide bonds. The highest BCUT2D eigenvalue weighted by atomic mass is 16.2. The first-order chi connectivity index (χ1) is 7.63. The summed E-state index contributed by atoms with van der Waals surface area (Å²) in [5, 5.41) is 3.05. The van der Waals surface area contributed by atoms with Gasteiger partial charge in [-0.3, -0.25) is 9.69 Å². The molecule has 94 valence electrons. The molecule has 1 aliphatic carbocycles. The quantitative estimate of drug-likeness (QED) is 0.643. The van der Waals surface area contributed by atoms with E-state index in [1.165, 1.54) is 32.1 Å². The van der Waals surface area contributed by atoms with Crippen LogP contribution < -0.4 is 5.32 Å². The fraction of sp³-hybridized carbons (Fsp3) is 0.923. The van der Waals surface area contributed by atoms with Gasteiger partial charge in [0.25, 0.3) is 0 Å². The Hall–Kier alpha value is -0.570. The Morgan fingerprint density at radius 1 is 1.38 bits per heavy atom. The normalized spacial score (nSPS) is 15.8. The number of hydrogen-bond donors (Lipinski definition) is 1. The molecule has 3 heteroatoms. The van der Waals surface area contributed by atoms with Gasteiger partial charge in [-0.05, 0) is 39.7 Å². The number of nitrogens with one attached hydrogen (secondary N) is 1. The Balaban J connectivity index is 2.22. The summed E-state index contributed by atoms with van der Waals surface area (Å²) >= 11 is 0. The zero-order valence-electron chi connectivity index (χ0n) is 11.0. The molecular formula is C13H26N2O. The maximum Gasteiger partial charge on any atom is 0.234 e. The minimum absolute atomic E-state index is 0.202. The third-order valence-electron chi connectivity index (χ3n) is 3.07. The van der Waals surface area contributed by atoms with Crippen LogP contribution in [-0.4, -0.2) is 36.0 Å². The highest BCUT2D eigenvalue weighted by Gasteiger charge is 2.24. The second-order valence-corrected chi connectivity index (χ2v) is 5.11. The van der Waals surface area contributed by atoms with Crippen molar-refractivity contribution >= 4 is 5.91 Å². The van der Waals surface area contributed by atoms with Crippen molar-refractivity contribution in [1.82, 2.24) is 10.2 Å². The molecule has 1 rings (SSSR count). The number of carbonyl (C=O) groups excluding carboxylic acids is 1. The van der Waals surface area contributed by atoms with E-state index >= 15 is 0 Å². The molecule has 1 saturated carbocycles. The fourth-order valence-electron chi connectivity index (χ4n) is 1.77. The van der Waals surface area contributed by atoms with Crippen molar-refractivity contribution in [2.24, 2.45) is 0 Å². The van der Waals surface area contributed by atoms with E-state index in [1.807, 2.05) is 0 Å². The summed E-state index contributed by atoms with van der Waals surface area (Å²) < 4.78 is 0. The second kappa shape index (κ2) is 6.89. The van der Waals surface area contributed by atoms with Crippen molar-refractivity contribution in [3.05, 3.63) is 0 Å². The lowest BCUT2D eigenvalue weighted by atomic mass is 10.2. The van der Waals surface area contributed by atoms with Crippen LogP contribution in [0.2, 0.25) is 0 Å². The first kappa shape index (κ1) is 13.5. The van der Waals surface area contributed by atoms with Crippen molar-refractivity contribution in [3.63, 3.8) is 0 Å². The lowest BCUT2D eigenvalue weighted by Crippen LogP contribution is -2.41. The minimum Gasteiger partial charge on any atom is -0.352 e. The van der Waals surface area contributed by atoms with E-state index in [4.69, 9.17) is 0 Å². The molecule has 0 aromatic rings. The van der Waals surface area contributed by atoms with Crippen molar-refractivity contribution in [2.45, 2.75) is 65.0 Å². The molecule has 0 heterocycles. The summed E-state index contributed by atoms with van der Waals surface area (Å²) in [7, 11) is 0. The lowest BCUT2D eigenvalue weighted by molar-refractivity contribution is -0.122. The van der Waals surface area contributed by atoms with E-state index in [9.17, 15) is 4.79 Å². The molecule has 0 aromatic heterocycles. The zero-order valence-corrected chi connectivity index (χ0v) is 11.0. The Morgan fingerprint density at radius 2 is 2.06 bits per heavy atom. The van der Waals surface area contributed by atoms with Gasteiger partial charge in [0.1, 0.15) is 0 Å². The van der Waals surface area contributed by atoms with E-state index in [0.717, 1.165) is 6.54 Å². The summed E-state index contributed by atoms with van der Waals surface area (Å²) in [6.07, 6.45) is 6.03. The van der Waals surface area contributed by atoms with Crippen LogP contribution in [0.15, 0.2) is 0 Å². The van der Waals surface area contributed by atoms with Gasteiger partial charge in [0, 0.05) is 12.1 Å². The summed E-state index contributed by atoms with van der Waals surface area (Å²) in [6.45, 7) is 8.15. The number of nitrogens with zero attached hydrogens (tertiary/aromatic N) is 1. The van der Waals surface area contributed by atoms with Crippen LogP contribution in [0.4, 0.5) is 0 Å². The minimum atomic E-state index is 0.202. The number of carbonyl (C=O) groups is 1. The second-order valence-electron chi connectivity index (χ2n) is 5.11. The average molecular weight is 226 g/mol. The number of amides is 1. The Kier molecular flexibility index (Phi) is 5.81. The number of hydrogen-bond acceptors (Lipinski definition) is 2. The average Bonchev–Trinajstić information content (AvgIpc) is 3.00. The standard InChI is InChI=1S/C13H26N2O/c1-4-5-6-9-15(11(2)3)10-13(16)14-12-7-8-12/h11-12H,4-10H2,1-3H3,(H,14,16). The van der Waals surface area contributed by atoms with Crippen molar-refractivity contribution in [1.29, 1.82) is 0 Å². The topological polar surface area (TPSA) is 32.3 Å². The fourth-order valence-corrected chi connectivity index (χ4v) is 1.77. The molecule has 0 spiro atoms. The number of rotatable bonds is 8. The van der Waals surface area contributed by atoms with Gasteiger partial charge in [0.05, 0.1) is 6.54 Å². The van der Waals surface area contributed by atoms with Gasteiger partial charge in [0.15, 0.2) is 0 Å². The van der Waals surface area contributed by atoms with E-state index in [-0.39, 0.29) is 5.91 Å². The van der Waals surface area contributed by atoms with Gasteiger partial charge in [-0.2, -0.15) is 0 Å². The summed E-state index contributed by atoms with van der Waals surface area (Å²) in [4.78, 5) is 14.0. The van der Waals surface area contributed by atoms with E-state index in [1.54, 1.807) is 0 Å². The maximum atomic E-state index is 11.7. The van der Waals surface area contributed by atoms with Crippen LogP contribution in [0, 0.1) is 0 Å². The molecule has 1 aliphatic rings. The van der Waals surface area contributed by atoms with E-state index in [0.29, 0.717) is 18.6 Å².